The van der Waals surface area contributed by atoms with Gasteiger partial charge in [-0.2, -0.15) is 5.26 Å². The molecule has 0 amide bonds. The van der Waals surface area contributed by atoms with Crippen molar-refractivity contribution in [2.75, 3.05) is 6.61 Å². The Hall–Kier alpha value is -6.09. The van der Waals surface area contributed by atoms with Crippen LogP contribution in [-0.4, -0.2) is 17.7 Å². The molecule has 0 aliphatic heterocycles. The molecule has 0 fully saturated rings. The summed E-state index contributed by atoms with van der Waals surface area (Å²) in [6.45, 7) is 0.635. The van der Waals surface area contributed by atoms with Gasteiger partial charge in [0.1, 0.15) is 52.7 Å². The van der Waals surface area contributed by atoms with E-state index in [9.17, 15) is 52.7 Å². The normalized spacial score (nSPS) is 11.4. The van der Waals surface area contributed by atoms with Crippen LogP contribution in [0.1, 0.15) is 19.3 Å². The maximum absolute atomic E-state index is 15.4. The molecule has 0 saturated heterocycles. The van der Waals surface area contributed by atoms with Crippen LogP contribution in [0.5, 0.6) is 0 Å². The number of hydrogen-bond donors (Lipinski definition) is 0. The van der Waals surface area contributed by atoms with Crippen molar-refractivity contribution < 1.29 is 97.4 Å². The molecule has 25 heteroatoms. The zero-order valence-electron chi connectivity index (χ0n) is 27.5. The first-order chi connectivity index (χ1) is 27.1. The highest BCUT2D eigenvalue weighted by molar-refractivity contribution is 7.20. The summed E-state index contributed by atoms with van der Waals surface area (Å²) in [5.74, 6) is -71.4. The van der Waals surface area contributed by atoms with Crippen molar-refractivity contribution in [1.29, 1.82) is 5.26 Å². The third-order valence-electron chi connectivity index (χ3n) is 8.23. The van der Waals surface area contributed by atoms with E-state index in [1.807, 2.05) is 0 Å². The fourth-order valence-corrected chi connectivity index (χ4v) is 5.74. The van der Waals surface area contributed by atoms with Crippen LogP contribution in [0.15, 0.2) is 24.8 Å². The van der Waals surface area contributed by atoms with E-state index in [1.165, 1.54) is 0 Å². The van der Waals surface area contributed by atoms with Crippen molar-refractivity contribution in [3.05, 3.63) is 141 Å². The monoisotopic (exact) mass is 857 g/mol. The summed E-state index contributed by atoms with van der Waals surface area (Å²) in [7, 11) is 0. The van der Waals surface area contributed by atoms with Crippen molar-refractivity contribution in [2.24, 2.45) is 0 Å². The van der Waals surface area contributed by atoms with E-state index in [1.54, 1.807) is 29.5 Å². The maximum Gasteiger partial charge on any atom is 0.240 e. The molecule has 0 aliphatic carbocycles. The topological polar surface area (TPSA) is 49.8 Å². The second kappa shape index (κ2) is 17.2. The van der Waals surface area contributed by atoms with Crippen molar-refractivity contribution in [3.8, 4) is 6.07 Å². The summed E-state index contributed by atoms with van der Waals surface area (Å²) in [6, 6.07) is 2.09. The zero-order chi connectivity index (χ0) is 43.7. The van der Waals surface area contributed by atoms with Gasteiger partial charge >= 0.3 is 0 Å². The fraction of sp³-hybridized carbons (Fsp3) is 0.121. The average molecular weight is 857 g/mol. The zero-order valence-corrected chi connectivity index (χ0v) is 27.5. The Bertz CT molecular complexity index is 2080. The second-order valence-corrected chi connectivity index (χ2v) is 11.4. The molecule has 0 bridgehead atoms. The number of nitrogens with zero attached hydrogens (tertiary/aromatic N) is 3. The lowest BCUT2D eigenvalue weighted by atomic mass is 9.12. The predicted molar refractivity (Wildman–Crippen MR) is 155 cm³/mol. The maximum atomic E-state index is 15.4. The third kappa shape index (κ3) is 7.19. The number of halogens is 20. The molecule has 0 N–H and O–H groups in total. The first kappa shape index (κ1) is 44.6. The number of rotatable bonds is 9. The minimum atomic E-state index is -7.22. The Balaban J connectivity index is 0.000000486. The minimum Gasteiger partial charge on any atom is -0.271 e. The van der Waals surface area contributed by atoms with Gasteiger partial charge in [-0.3, -0.25) is 9.82 Å². The lowest BCUT2D eigenvalue weighted by molar-refractivity contribution is -0.891. The summed E-state index contributed by atoms with van der Waals surface area (Å²) >= 11 is 0. The number of hydrogen-bond acceptors (Lipinski definition) is 3. The molecule has 4 aromatic carbocycles. The molecule has 0 unspecified atom stereocenters. The minimum absolute atomic E-state index is 0.602. The standard InChI is InChI=1S/C24BF20.C9H12N3O/c26-5-1(6(27)14(35)21(42)13(5)34)25(2-7(28)15(36)22(43)16(37)8(2)29,3-9(30)17(38)23(44)18(39)10(3)31)4-11(32)19(40)24(45)20(41)12(4)33;10-4-2-1-3-9-13-12-7-5-11-6-8-12/h;5-8H,1-3,9H2/q-1;+1. The van der Waals surface area contributed by atoms with Gasteiger partial charge in [0.2, 0.25) is 12.4 Å². The molecule has 0 atom stereocenters. The van der Waals surface area contributed by atoms with Gasteiger partial charge in [0.25, 0.3) is 0 Å². The molecule has 58 heavy (non-hydrogen) atoms. The first-order valence-electron chi connectivity index (χ1n) is 15.2. The quantitative estimate of drug-likeness (QED) is 0.0435. The Morgan fingerprint density at radius 1 is 0.414 bits per heavy atom. The van der Waals surface area contributed by atoms with Gasteiger partial charge in [-0.05, 0) is 12.8 Å². The highest BCUT2D eigenvalue weighted by Crippen LogP contribution is 2.30. The summed E-state index contributed by atoms with van der Waals surface area (Å²) in [5.41, 5.74) is -14.3. The van der Waals surface area contributed by atoms with E-state index in [4.69, 9.17) is 10.1 Å². The Morgan fingerprint density at radius 2 is 0.655 bits per heavy atom. The fourth-order valence-electron chi connectivity index (χ4n) is 5.74. The van der Waals surface area contributed by atoms with Gasteiger partial charge in [0, 0.05) is 11.2 Å². The highest BCUT2D eigenvalue weighted by atomic mass is 19.2. The lowest BCUT2D eigenvalue weighted by Gasteiger charge is -2.44. The number of nitriles is 1. The largest absolute Gasteiger partial charge is 0.271 e. The van der Waals surface area contributed by atoms with Gasteiger partial charge in [-0.1, -0.05) is 0 Å². The van der Waals surface area contributed by atoms with Crippen LogP contribution in [0.25, 0.3) is 0 Å². The van der Waals surface area contributed by atoms with Crippen molar-refractivity contribution in [2.45, 2.75) is 19.3 Å². The summed E-state index contributed by atoms with van der Waals surface area (Å²) in [4.78, 5) is 9.18. The Labute approximate surface area is 309 Å². The van der Waals surface area contributed by atoms with Crippen LogP contribution >= 0.6 is 0 Å². The molecule has 1 heterocycles. The van der Waals surface area contributed by atoms with E-state index < -0.39 is 144 Å². The van der Waals surface area contributed by atoms with Gasteiger partial charge in [0.15, 0.2) is 76.4 Å². The van der Waals surface area contributed by atoms with E-state index in [0.717, 1.165) is 12.8 Å². The molecular weight excluding hydrogens is 845 g/mol. The number of benzene rings is 4. The van der Waals surface area contributed by atoms with Crippen LogP contribution in [0, 0.1) is 128 Å². The van der Waals surface area contributed by atoms with Crippen LogP contribution in [0.3, 0.4) is 0 Å². The van der Waals surface area contributed by atoms with Crippen molar-refractivity contribution >= 4 is 28.0 Å². The van der Waals surface area contributed by atoms with Crippen LogP contribution in [0.4, 0.5) is 87.8 Å². The van der Waals surface area contributed by atoms with Crippen LogP contribution in [-0.2, 0) is 0 Å². The molecule has 308 valence electrons. The second-order valence-electron chi connectivity index (χ2n) is 11.4. The highest BCUT2D eigenvalue weighted by Gasteiger charge is 2.52. The summed E-state index contributed by atoms with van der Waals surface area (Å²) < 4.78 is 296. The molecule has 5 aromatic rings. The van der Waals surface area contributed by atoms with Gasteiger partial charge in [-0.25, -0.2) is 87.8 Å². The first-order valence-corrected chi connectivity index (χ1v) is 15.2. The number of aromatic nitrogens is 2. The predicted octanol–water partition coefficient (Wildman–Crippen LogP) is 6.34. The van der Waals surface area contributed by atoms with Crippen molar-refractivity contribution in [1.82, 2.24) is 4.98 Å². The molecular formula is C33H12BF20N3O. The van der Waals surface area contributed by atoms with Gasteiger partial charge < -0.3 is 0 Å². The van der Waals surface area contributed by atoms with E-state index in [0.29, 0.717) is 13.0 Å². The lowest BCUT2D eigenvalue weighted by Crippen LogP contribution is -2.81. The summed E-state index contributed by atoms with van der Waals surface area (Å²) in [5, 5.41) is 8.28. The Morgan fingerprint density at radius 3 is 0.897 bits per heavy atom. The number of unbranched alkanes of at least 4 members (excludes halogenated alkanes) is 2. The van der Waals surface area contributed by atoms with E-state index in [2.05, 4.69) is 11.1 Å². The molecule has 5 rings (SSSR count). The smallest absolute Gasteiger partial charge is 0.240 e. The van der Waals surface area contributed by atoms with Crippen molar-refractivity contribution in [3.63, 3.8) is 0 Å². The SMILES string of the molecule is Fc1c(F)c(F)c([B-](c2c(F)c(F)c(F)c(F)c2F)(c2c(F)c(F)c(F)c(F)c2F)c2c(F)c(F)c(F)c(F)c2F)c(F)c1F.N#CCCCCO[n+]1ccncc1. The van der Waals surface area contributed by atoms with Gasteiger partial charge in [-0.15, -0.1) is 21.9 Å². The van der Waals surface area contributed by atoms with E-state index >= 15 is 35.1 Å². The molecule has 0 radical (unpaired) electrons. The molecule has 0 saturated carbocycles. The molecule has 0 aliphatic rings. The molecule has 0 spiro atoms. The van der Waals surface area contributed by atoms with E-state index in [-0.39, 0.29) is 0 Å². The third-order valence-corrected chi connectivity index (χ3v) is 8.23. The molecule has 4 nitrogen and oxygen atoms in total. The Kier molecular flexibility index (Phi) is 13.2. The average Bonchev–Trinajstić information content (AvgIpc) is 3.21. The molecule has 1 aromatic heterocycles. The van der Waals surface area contributed by atoms with Crippen LogP contribution in [0.2, 0.25) is 0 Å². The summed E-state index contributed by atoms with van der Waals surface area (Å²) in [6.07, 6.45) is 1.99. The van der Waals surface area contributed by atoms with Crippen LogP contribution < -0.4 is 31.4 Å². The van der Waals surface area contributed by atoms with Gasteiger partial charge in [0.05, 0.1) is 18.5 Å².